The van der Waals surface area contributed by atoms with Gasteiger partial charge in [-0.1, -0.05) is 18.2 Å². The Bertz CT molecular complexity index is 1690. The number of aromatic nitrogens is 4. The van der Waals surface area contributed by atoms with Crippen molar-refractivity contribution in [1.29, 1.82) is 0 Å². The fourth-order valence-electron chi connectivity index (χ4n) is 5.25. The van der Waals surface area contributed by atoms with E-state index in [-0.39, 0.29) is 29.6 Å². The Hall–Kier alpha value is -4.09. The number of alkyl halides is 3. The molecule has 3 aromatic carbocycles. The van der Waals surface area contributed by atoms with Gasteiger partial charge in [0.15, 0.2) is 11.4 Å². The van der Waals surface area contributed by atoms with E-state index in [1.807, 2.05) is 6.07 Å². The molecule has 1 fully saturated rings. The molecule has 5 aromatic rings. The van der Waals surface area contributed by atoms with Crippen LogP contribution in [-0.4, -0.2) is 37.0 Å². The number of halogens is 4. The summed E-state index contributed by atoms with van der Waals surface area (Å²) < 4.78 is 63.7. The number of aryl methyl sites for hydroxylation is 1. The van der Waals surface area contributed by atoms with Crippen LogP contribution in [0.4, 0.5) is 17.6 Å². The summed E-state index contributed by atoms with van der Waals surface area (Å²) in [5, 5.41) is 21.2. The van der Waals surface area contributed by atoms with Crippen LogP contribution in [0.1, 0.15) is 30.4 Å². The molecule has 7 nitrogen and oxygen atoms in total. The zero-order valence-electron chi connectivity index (χ0n) is 21.4. The highest BCUT2D eigenvalue weighted by molar-refractivity contribution is 5.84. The molecule has 0 spiro atoms. The van der Waals surface area contributed by atoms with Crippen molar-refractivity contribution in [3.8, 4) is 34.0 Å². The van der Waals surface area contributed by atoms with Gasteiger partial charge < -0.3 is 19.4 Å². The molecule has 11 heteroatoms. The van der Waals surface area contributed by atoms with Crippen LogP contribution in [0.5, 0.6) is 0 Å². The van der Waals surface area contributed by atoms with Crippen molar-refractivity contribution in [2.75, 3.05) is 0 Å². The Kier molecular flexibility index (Phi) is 6.63. The predicted octanol–water partition coefficient (Wildman–Crippen LogP) is 6.12. The van der Waals surface area contributed by atoms with Gasteiger partial charge in [0.2, 0.25) is 5.89 Å². The van der Waals surface area contributed by atoms with E-state index in [0.717, 1.165) is 18.9 Å². The zero-order chi connectivity index (χ0) is 28.0. The van der Waals surface area contributed by atoms with E-state index in [4.69, 9.17) is 4.42 Å². The molecule has 2 heterocycles. The van der Waals surface area contributed by atoms with Crippen molar-refractivity contribution in [2.24, 2.45) is 7.05 Å². The number of fused-ring (bicyclic) bond motifs is 1. The first-order valence-corrected chi connectivity index (χ1v) is 12.8. The maximum atomic E-state index is 14.2. The number of rotatable bonds is 6. The lowest BCUT2D eigenvalue weighted by molar-refractivity contribution is -0.136. The Morgan fingerprint density at radius 1 is 1.05 bits per heavy atom. The molecule has 0 aliphatic heterocycles. The third-order valence-electron chi connectivity index (χ3n) is 7.26. The second-order valence-corrected chi connectivity index (χ2v) is 10.0. The van der Waals surface area contributed by atoms with Gasteiger partial charge in [-0.15, -0.1) is 10.2 Å². The number of benzene rings is 3. The average molecular weight is 552 g/mol. The fourth-order valence-corrected chi connectivity index (χ4v) is 5.25. The second-order valence-electron chi connectivity index (χ2n) is 10.0. The summed E-state index contributed by atoms with van der Waals surface area (Å²) in [5.41, 5.74) is 1.53. The highest BCUT2D eigenvalue weighted by Crippen LogP contribution is 2.39. The molecule has 0 radical (unpaired) electrons. The van der Waals surface area contributed by atoms with Crippen molar-refractivity contribution in [3.05, 3.63) is 77.9 Å². The van der Waals surface area contributed by atoms with E-state index < -0.39 is 23.7 Å². The van der Waals surface area contributed by atoms with Crippen LogP contribution in [-0.2, 0) is 19.8 Å². The number of oxazole rings is 1. The van der Waals surface area contributed by atoms with Gasteiger partial charge in [-0.2, -0.15) is 13.2 Å². The highest BCUT2D eigenvalue weighted by atomic mass is 19.4. The standard InChI is InChI=1S/C29H25F4N5O2/c1-38-15-35-37-27(38)21-13-19(30)8-9-20(21)17-4-2-5-18(12-17)28-36-24-11-16(14-34-23-6-3-7-25(23)39)10-22(26(24)40-28)29(31,32)33/h2,4-5,8-13,15,23,25,34,39H,3,6-7,14H2,1H3/t23-,25-/m0/s1. The topological polar surface area (TPSA) is 89.0 Å². The van der Waals surface area contributed by atoms with E-state index >= 15 is 0 Å². The maximum Gasteiger partial charge on any atom is 0.420 e. The monoisotopic (exact) mass is 551 g/mol. The van der Waals surface area contributed by atoms with Gasteiger partial charge in [0.1, 0.15) is 23.2 Å². The van der Waals surface area contributed by atoms with Crippen LogP contribution < -0.4 is 5.32 Å². The quantitative estimate of drug-likeness (QED) is 0.247. The smallest absolute Gasteiger partial charge is 0.420 e. The van der Waals surface area contributed by atoms with Crippen molar-refractivity contribution in [3.63, 3.8) is 0 Å². The Morgan fingerprint density at radius 3 is 2.60 bits per heavy atom. The summed E-state index contributed by atoms with van der Waals surface area (Å²) in [4.78, 5) is 4.42. The summed E-state index contributed by atoms with van der Waals surface area (Å²) in [7, 11) is 1.75. The molecule has 206 valence electrons. The van der Waals surface area contributed by atoms with Crippen LogP contribution in [0.15, 0.2) is 65.3 Å². The first-order chi connectivity index (χ1) is 19.2. The number of hydrogen-bond acceptors (Lipinski definition) is 6. The molecule has 2 atom stereocenters. The predicted molar refractivity (Wildman–Crippen MR) is 140 cm³/mol. The molecule has 1 aliphatic carbocycles. The number of aliphatic hydroxyl groups excluding tert-OH is 1. The average Bonchev–Trinajstić information content (AvgIpc) is 3.66. The second kappa shape index (κ2) is 10.1. The molecule has 40 heavy (non-hydrogen) atoms. The molecule has 0 amide bonds. The van der Waals surface area contributed by atoms with Crippen LogP contribution in [0, 0.1) is 5.82 Å². The summed E-state index contributed by atoms with van der Waals surface area (Å²) in [5.74, 6) is 0.0492. The molecule has 1 aliphatic rings. The maximum absolute atomic E-state index is 14.2. The lowest BCUT2D eigenvalue weighted by Crippen LogP contribution is -2.35. The molecule has 0 unspecified atom stereocenters. The van der Waals surface area contributed by atoms with Gasteiger partial charge in [0, 0.05) is 30.8 Å². The normalized spacial score (nSPS) is 17.6. The minimum atomic E-state index is -4.65. The van der Waals surface area contributed by atoms with E-state index in [2.05, 4.69) is 20.5 Å². The molecular formula is C29H25F4N5O2. The largest absolute Gasteiger partial charge is 0.435 e. The van der Waals surface area contributed by atoms with Crippen molar-refractivity contribution in [2.45, 2.75) is 44.1 Å². The van der Waals surface area contributed by atoms with Gasteiger partial charge in [-0.3, -0.25) is 0 Å². The summed E-state index contributed by atoms with van der Waals surface area (Å²) in [6.45, 7) is 0.161. The van der Waals surface area contributed by atoms with Crippen molar-refractivity contribution >= 4 is 11.1 Å². The minimum Gasteiger partial charge on any atom is -0.435 e. The SMILES string of the molecule is Cn1cnnc1-c1cc(F)ccc1-c1cccc(-c2nc3cc(CN[C@H]4CCC[C@@H]4O)cc(C(F)(F)F)c3o2)c1. The van der Waals surface area contributed by atoms with E-state index in [0.29, 0.717) is 40.1 Å². The van der Waals surface area contributed by atoms with Gasteiger partial charge in [-0.25, -0.2) is 9.37 Å². The molecule has 6 rings (SSSR count). The number of nitrogens with one attached hydrogen (secondary N) is 1. The highest BCUT2D eigenvalue weighted by Gasteiger charge is 2.36. The Balaban J connectivity index is 1.39. The Morgan fingerprint density at radius 2 is 1.88 bits per heavy atom. The lowest BCUT2D eigenvalue weighted by atomic mass is 9.97. The third-order valence-corrected chi connectivity index (χ3v) is 7.26. The van der Waals surface area contributed by atoms with Gasteiger partial charge in [0.25, 0.3) is 0 Å². The molecular weight excluding hydrogens is 526 g/mol. The third kappa shape index (κ3) is 4.98. The van der Waals surface area contributed by atoms with Crippen molar-refractivity contribution in [1.82, 2.24) is 25.1 Å². The summed E-state index contributed by atoms with van der Waals surface area (Å²) in [6, 6.07) is 13.8. The Labute approximate surface area is 226 Å². The molecule has 0 saturated heterocycles. The fraction of sp³-hybridized carbons (Fsp3) is 0.276. The van der Waals surface area contributed by atoms with Gasteiger partial charge in [-0.05, 0) is 72.4 Å². The summed E-state index contributed by atoms with van der Waals surface area (Å²) >= 11 is 0. The summed E-state index contributed by atoms with van der Waals surface area (Å²) in [6.07, 6.45) is -1.34. The molecule has 2 N–H and O–H groups in total. The number of aliphatic hydroxyl groups is 1. The van der Waals surface area contributed by atoms with E-state index in [1.54, 1.807) is 41.9 Å². The van der Waals surface area contributed by atoms with E-state index in [9.17, 15) is 22.7 Å². The molecule has 1 saturated carbocycles. The number of nitrogens with zero attached hydrogens (tertiary/aromatic N) is 4. The first-order valence-electron chi connectivity index (χ1n) is 12.8. The van der Waals surface area contributed by atoms with E-state index in [1.165, 1.54) is 18.5 Å². The van der Waals surface area contributed by atoms with Crippen molar-refractivity contribution < 1.29 is 27.1 Å². The molecule has 0 bridgehead atoms. The van der Waals surface area contributed by atoms with Crippen LogP contribution in [0.3, 0.4) is 0 Å². The van der Waals surface area contributed by atoms with Crippen LogP contribution >= 0.6 is 0 Å². The van der Waals surface area contributed by atoms with Crippen LogP contribution in [0.2, 0.25) is 0 Å². The minimum absolute atomic E-state index is 0.0287. The lowest BCUT2D eigenvalue weighted by Gasteiger charge is -2.17. The first kappa shape index (κ1) is 26.1. The van der Waals surface area contributed by atoms with Crippen LogP contribution in [0.25, 0.3) is 45.1 Å². The zero-order valence-corrected chi connectivity index (χ0v) is 21.4. The van der Waals surface area contributed by atoms with Gasteiger partial charge in [0.05, 0.1) is 6.10 Å². The number of hydrogen-bond donors (Lipinski definition) is 2. The van der Waals surface area contributed by atoms with Gasteiger partial charge >= 0.3 is 6.18 Å². The molecule has 2 aromatic heterocycles.